The van der Waals surface area contributed by atoms with Gasteiger partial charge in [0.25, 0.3) is 0 Å². The number of nitrogens with one attached hydrogen (secondary N) is 2. The molecular formula is C30H33F2N5O3S. The Morgan fingerprint density at radius 3 is 2.49 bits per heavy atom. The van der Waals surface area contributed by atoms with Crippen LogP contribution in [0.2, 0.25) is 0 Å². The largest absolute Gasteiger partial charge is 0.360 e. The number of halogens is 2. The van der Waals surface area contributed by atoms with Crippen LogP contribution in [0.1, 0.15) is 37.7 Å². The van der Waals surface area contributed by atoms with Gasteiger partial charge < -0.3 is 10.3 Å². The molecule has 5 rings (SSSR count). The van der Waals surface area contributed by atoms with E-state index in [4.69, 9.17) is 0 Å². The molecule has 2 aromatic carbocycles. The van der Waals surface area contributed by atoms with Crippen molar-refractivity contribution in [2.75, 3.05) is 19.3 Å². The van der Waals surface area contributed by atoms with Gasteiger partial charge in [0.2, 0.25) is 0 Å². The summed E-state index contributed by atoms with van der Waals surface area (Å²) >= 11 is 0. The molecule has 0 spiro atoms. The van der Waals surface area contributed by atoms with Gasteiger partial charge in [-0.1, -0.05) is 30.3 Å². The summed E-state index contributed by atoms with van der Waals surface area (Å²) in [7, 11) is -3.76. The van der Waals surface area contributed by atoms with Crippen LogP contribution in [-0.2, 0) is 27.5 Å². The molecule has 2 N–H and O–H groups in total. The number of carbonyl (C=O) groups excluding carboxylic acids is 1. The topological polar surface area (TPSA) is 108 Å². The maximum absolute atomic E-state index is 15.0. The molecule has 0 amide bonds. The van der Waals surface area contributed by atoms with Crippen molar-refractivity contribution in [3.8, 4) is 11.3 Å². The first kappa shape index (κ1) is 29.0. The van der Waals surface area contributed by atoms with Crippen molar-refractivity contribution in [1.29, 1.82) is 0 Å². The molecule has 0 radical (unpaired) electrons. The average Bonchev–Trinajstić information content (AvgIpc) is 3.34. The van der Waals surface area contributed by atoms with Crippen molar-refractivity contribution in [3.63, 3.8) is 0 Å². The number of aromatic nitrogens is 3. The number of carbonyl (C=O) groups is 1. The van der Waals surface area contributed by atoms with Crippen LogP contribution >= 0.6 is 0 Å². The molecule has 41 heavy (non-hydrogen) atoms. The molecule has 216 valence electrons. The minimum Gasteiger partial charge on any atom is -0.360 e. The van der Waals surface area contributed by atoms with Crippen LogP contribution in [0.4, 0.5) is 8.78 Å². The first-order valence-corrected chi connectivity index (χ1v) is 15.4. The minimum absolute atomic E-state index is 0.0292. The van der Waals surface area contributed by atoms with Gasteiger partial charge in [-0.2, -0.15) is 0 Å². The Morgan fingerprint density at radius 2 is 1.78 bits per heavy atom. The summed E-state index contributed by atoms with van der Waals surface area (Å²) in [5.41, 5.74) is 2.13. The first-order valence-electron chi connectivity index (χ1n) is 13.5. The van der Waals surface area contributed by atoms with Crippen LogP contribution in [0.3, 0.4) is 0 Å². The predicted octanol–water partition coefficient (Wildman–Crippen LogP) is 4.08. The van der Waals surface area contributed by atoms with Gasteiger partial charge in [0.1, 0.15) is 22.2 Å². The van der Waals surface area contributed by atoms with Gasteiger partial charge in [-0.25, -0.2) is 27.2 Å². The number of H-pyrrole nitrogens is 1. The summed E-state index contributed by atoms with van der Waals surface area (Å²) in [5.74, 6) is -1.29. The summed E-state index contributed by atoms with van der Waals surface area (Å²) < 4.78 is 53.8. The number of fused-ring (bicyclic) bond motifs is 1. The van der Waals surface area contributed by atoms with Crippen LogP contribution in [0.15, 0.2) is 53.7 Å². The molecule has 2 aromatic heterocycles. The van der Waals surface area contributed by atoms with Crippen LogP contribution < -0.4 is 5.32 Å². The van der Waals surface area contributed by atoms with E-state index in [1.54, 1.807) is 6.20 Å². The number of piperazine rings is 1. The molecule has 3 atom stereocenters. The Balaban J connectivity index is 1.42. The highest BCUT2D eigenvalue weighted by Gasteiger charge is 2.29. The lowest BCUT2D eigenvalue weighted by atomic mass is 9.99. The number of hydrogen-bond donors (Lipinski definition) is 2. The van der Waals surface area contributed by atoms with Gasteiger partial charge in [0, 0.05) is 66.9 Å². The SMILES string of the molecule is C[C@H]1CN([C@@H](C)C(=O)Cc2cccc3c(-c4nc(Cc5cccc(S(C)(=O)=O)c5F)ncc4F)c[nH]c23)C[C@H](C)N1. The maximum atomic E-state index is 15.0. The molecule has 0 bridgehead atoms. The van der Waals surface area contributed by atoms with E-state index >= 15 is 4.39 Å². The van der Waals surface area contributed by atoms with Gasteiger partial charge >= 0.3 is 0 Å². The van der Waals surface area contributed by atoms with E-state index in [1.807, 2.05) is 25.1 Å². The van der Waals surface area contributed by atoms with Crippen molar-refractivity contribution < 1.29 is 22.0 Å². The highest BCUT2D eigenvalue weighted by atomic mass is 32.2. The molecular weight excluding hydrogens is 548 g/mol. The molecule has 1 aliphatic heterocycles. The molecule has 1 saturated heterocycles. The number of ketones is 1. The monoisotopic (exact) mass is 581 g/mol. The van der Waals surface area contributed by atoms with Crippen molar-refractivity contribution in [2.45, 2.75) is 56.6 Å². The highest BCUT2D eigenvalue weighted by Crippen LogP contribution is 2.31. The summed E-state index contributed by atoms with van der Waals surface area (Å²) in [6.07, 6.45) is 3.71. The smallest absolute Gasteiger partial charge is 0.178 e. The Morgan fingerprint density at radius 1 is 1.10 bits per heavy atom. The zero-order valence-electron chi connectivity index (χ0n) is 23.4. The fourth-order valence-corrected chi connectivity index (χ4v) is 6.39. The zero-order chi connectivity index (χ0) is 29.5. The lowest BCUT2D eigenvalue weighted by molar-refractivity contribution is -0.123. The van der Waals surface area contributed by atoms with E-state index in [9.17, 15) is 17.6 Å². The number of rotatable bonds is 8. The van der Waals surface area contributed by atoms with Crippen LogP contribution in [0.25, 0.3) is 22.2 Å². The number of sulfone groups is 1. The molecule has 11 heteroatoms. The highest BCUT2D eigenvalue weighted by molar-refractivity contribution is 7.90. The number of para-hydroxylation sites is 1. The van der Waals surface area contributed by atoms with E-state index in [0.29, 0.717) is 23.0 Å². The van der Waals surface area contributed by atoms with E-state index in [2.05, 4.69) is 39.0 Å². The van der Waals surface area contributed by atoms with Gasteiger partial charge in [-0.15, -0.1) is 0 Å². The quantitative estimate of drug-likeness (QED) is 0.323. The van der Waals surface area contributed by atoms with E-state index < -0.39 is 26.4 Å². The first-order chi connectivity index (χ1) is 19.4. The number of nitrogens with zero attached hydrogens (tertiary/aromatic N) is 3. The molecule has 0 unspecified atom stereocenters. The van der Waals surface area contributed by atoms with Crippen molar-refractivity contribution in [2.24, 2.45) is 0 Å². The molecule has 1 fully saturated rings. The molecule has 8 nitrogen and oxygen atoms in total. The third-order valence-corrected chi connectivity index (χ3v) is 8.72. The van der Waals surface area contributed by atoms with Crippen LogP contribution in [0.5, 0.6) is 0 Å². The number of hydrogen-bond acceptors (Lipinski definition) is 7. The fraction of sp³-hybridized carbons (Fsp3) is 0.367. The fourth-order valence-electron chi connectivity index (χ4n) is 5.61. The molecule has 0 saturated carbocycles. The second-order valence-electron chi connectivity index (χ2n) is 10.9. The zero-order valence-corrected chi connectivity index (χ0v) is 24.2. The minimum atomic E-state index is -3.76. The summed E-state index contributed by atoms with van der Waals surface area (Å²) in [6.45, 7) is 7.77. The van der Waals surface area contributed by atoms with E-state index in [1.165, 1.54) is 18.2 Å². The third-order valence-electron chi connectivity index (χ3n) is 7.61. The number of Topliss-reactive ketones (excluding diaryl/α,β-unsaturated/α-hetero) is 1. The van der Waals surface area contributed by atoms with Crippen LogP contribution in [0, 0.1) is 11.6 Å². The summed E-state index contributed by atoms with van der Waals surface area (Å²) in [4.78, 5) is 26.7. The van der Waals surface area contributed by atoms with E-state index in [0.717, 1.165) is 36.6 Å². The van der Waals surface area contributed by atoms with Crippen molar-refractivity contribution in [1.82, 2.24) is 25.2 Å². The third kappa shape index (κ3) is 6.07. The average molecular weight is 582 g/mol. The maximum Gasteiger partial charge on any atom is 0.178 e. The van der Waals surface area contributed by atoms with Gasteiger partial charge in [0.15, 0.2) is 21.4 Å². The summed E-state index contributed by atoms with van der Waals surface area (Å²) in [5, 5.41) is 4.18. The van der Waals surface area contributed by atoms with Gasteiger partial charge in [-0.3, -0.25) is 9.69 Å². The van der Waals surface area contributed by atoms with Gasteiger partial charge in [0.05, 0.1) is 12.2 Å². The van der Waals surface area contributed by atoms with Gasteiger partial charge in [-0.05, 0) is 38.0 Å². The molecule has 4 aromatic rings. The normalized spacial score (nSPS) is 19.0. The predicted molar refractivity (Wildman–Crippen MR) is 153 cm³/mol. The number of benzene rings is 2. The lowest BCUT2D eigenvalue weighted by Gasteiger charge is -2.39. The second-order valence-corrected chi connectivity index (χ2v) is 12.9. The number of aromatic amines is 1. The Bertz CT molecular complexity index is 1710. The molecule has 0 aliphatic carbocycles. The van der Waals surface area contributed by atoms with E-state index in [-0.39, 0.29) is 41.7 Å². The lowest BCUT2D eigenvalue weighted by Crippen LogP contribution is -2.58. The molecule has 3 heterocycles. The standard InChI is InChI=1S/C30H33F2N5O3S/c1-17-15-37(16-18(2)35-17)19(3)25(38)11-21-8-5-9-22-23(13-34-29(21)22)30-24(31)14-33-27(36-30)12-20-7-6-10-26(28(20)32)41(4,39)40/h5-10,13-14,17-19,34-35H,11-12,15-16H2,1-4H3/t17-,18-,19-/m0/s1. The van der Waals surface area contributed by atoms with Crippen molar-refractivity contribution >= 4 is 26.5 Å². The Kier molecular flexibility index (Phi) is 8.04. The Labute approximate surface area is 238 Å². The Hall–Kier alpha value is -3.54. The molecule has 1 aliphatic rings. The van der Waals surface area contributed by atoms with Crippen molar-refractivity contribution in [3.05, 3.63) is 77.4 Å². The second kappa shape index (κ2) is 11.4. The summed E-state index contributed by atoms with van der Waals surface area (Å²) in [6, 6.07) is 10.0. The van der Waals surface area contributed by atoms with Crippen LogP contribution in [-0.4, -0.2) is 71.5 Å².